The van der Waals surface area contributed by atoms with Gasteiger partial charge in [-0.05, 0) is 48.9 Å². The van der Waals surface area contributed by atoms with Gasteiger partial charge in [-0.3, -0.25) is 14.6 Å². The number of pyridine rings is 1. The lowest BCUT2D eigenvalue weighted by atomic mass is 10.1. The fraction of sp³-hybridized carbons (Fsp3) is 0.160. The van der Waals surface area contributed by atoms with Gasteiger partial charge in [-0.1, -0.05) is 0 Å². The van der Waals surface area contributed by atoms with Crippen LogP contribution in [0, 0.1) is 30.2 Å². The number of aromatic nitrogens is 3. The van der Waals surface area contributed by atoms with Crippen molar-refractivity contribution in [3.05, 3.63) is 107 Å². The molecule has 0 radical (unpaired) electrons. The fourth-order valence-electron chi connectivity index (χ4n) is 3.82. The van der Waals surface area contributed by atoms with Crippen LogP contribution in [0.5, 0.6) is 0 Å². The number of carbonyl (C=O) groups is 1. The zero-order chi connectivity index (χ0) is 27.8. The second-order valence-electron chi connectivity index (χ2n) is 8.51. The van der Waals surface area contributed by atoms with Gasteiger partial charge >= 0.3 is 0 Å². The van der Waals surface area contributed by atoms with Crippen LogP contribution in [0.4, 0.5) is 17.6 Å². The highest BCUT2D eigenvalue weighted by atomic mass is 32.2. The summed E-state index contributed by atoms with van der Waals surface area (Å²) in [6, 6.07) is 7.20. The van der Waals surface area contributed by atoms with E-state index in [0.717, 1.165) is 27.6 Å². The first-order chi connectivity index (χ1) is 17.9. The standard InChI is InChI=1S/C25H21F4N4O4S/c1-15-12-32(35)10-9-16(15)13-31(2)24(34)22-11-30-25(33(22)18-5-3-17(26)4-6-18)38(36,37)14-19-20(27)7-8-21(28)23(19)29/h3-12,35H,13-14H2,1-2H3/q+1. The molecule has 0 atom stereocenters. The summed E-state index contributed by atoms with van der Waals surface area (Å²) < 4.78 is 84.2. The minimum absolute atomic E-state index is 0.0385. The molecule has 0 aliphatic heterocycles. The zero-order valence-corrected chi connectivity index (χ0v) is 20.9. The zero-order valence-electron chi connectivity index (χ0n) is 20.1. The van der Waals surface area contributed by atoms with E-state index in [1.807, 2.05) is 0 Å². The molecule has 0 spiro atoms. The van der Waals surface area contributed by atoms with Crippen molar-refractivity contribution in [2.75, 3.05) is 7.05 Å². The van der Waals surface area contributed by atoms with Crippen molar-refractivity contribution in [2.45, 2.75) is 24.4 Å². The summed E-state index contributed by atoms with van der Waals surface area (Å²) in [5, 5.41) is 8.80. The van der Waals surface area contributed by atoms with Gasteiger partial charge in [-0.15, -0.1) is 0 Å². The summed E-state index contributed by atoms with van der Waals surface area (Å²) in [5.41, 5.74) is 0.137. The molecule has 0 unspecified atom stereocenters. The predicted octanol–water partition coefficient (Wildman–Crippen LogP) is 3.51. The minimum atomic E-state index is -4.66. The van der Waals surface area contributed by atoms with Gasteiger partial charge in [-0.2, -0.15) is 0 Å². The van der Waals surface area contributed by atoms with Gasteiger partial charge in [0.25, 0.3) is 5.91 Å². The third kappa shape index (κ3) is 5.23. The summed E-state index contributed by atoms with van der Waals surface area (Å²) in [6.07, 6.45) is 3.79. The van der Waals surface area contributed by atoms with Gasteiger partial charge in [0.05, 0.1) is 11.9 Å². The molecule has 0 aliphatic carbocycles. The number of hydrogen-bond acceptors (Lipinski definition) is 5. The quantitative estimate of drug-likeness (QED) is 0.165. The number of imidazole rings is 1. The first-order valence-corrected chi connectivity index (χ1v) is 12.7. The van der Waals surface area contributed by atoms with Crippen LogP contribution in [0.1, 0.15) is 27.2 Å². The minimum Gasteiger partial charge on any atom is -0.336 e. The van der Waals surface area contributed by atoms with Crippen LogP contribution >= 0.6 is 0 Å². The number of aryl methyl sites for hydroxylation is 1. The van der Waals surface area contributed by atoms with Gasteiger partial charge < -0.3 is 4.90 Å². The molecule has 4 aromatic rings. The third-order valence-electron chi connectivity index (χ3n) is 5.80. The summed E-state index contributed by atoms with van der Waals surface area (Å²) in [6.45, 7) is 1.79. The van der Waals surface area contributed by atoms with Crippen molar-refractivity contribution in [3.63, 3.8) is 0 Å². The Morgan fingerprint density at radius 2 is 1.71 bits per heavy atom. The molecule has 38 heavy (non-hydrogen) atoms. The highest BCUT2D eigenvalue weighted by Gasteiger charge is 2.31. The summed E-state index contributed by atoms with van der Waals surface area (Å²) in [5.74, 6) is -6.95. The maximum Gasteiger partial charge on any atom is 0.272 e. The molecule has 0 fully saturated rings. The van der Waals surface area contributed by atoms with Gasteiger partial charge in [0, 0.05) is 41.2 Å². The highest BCUT2D eigenvalue weighted by Crippen LogP contribution is 2.26. The maximum atomic E-state index is 14.3. The number of halogens is 4. The molecular formula is C25H21F4N4O4S+. The van der Waals surface area contributed by atoms with Crippen LogP contribution in [0.2, 0.25) is 0 Å². The Morgan fingerprint density at radius 1 is 1.05 bits per heavy atom. The van der Waals surface area contributed by atoms with Crippen LogP contribution in [-0.2, 0) is 22.1 Å². The van der Waals surface area contributed by atoms with Crippen molar-refractivity contribution in [3.8, 4) is 5.69 Å². The molecule has 4 rings (SSSR count). The molecule has 198 valence electrons. The topological polar surface area (TPSA) is 96.4 Å². The number of amides is 1. The molecule has 1 amide bonds. The van der Waals surface area contributed by atoms with E-state index in [9.17, 15) is 36.0 Å². The second kappa shape index (κ2) is 10.2. The molecule has 2 aromatic carbocycles. The Morgan fingerprint density at radius 3 is 2.37 bits per heavy atom. The Kier molecular flexibility index (Phi) is 7.22. The smallest absolute Gasteiger partial charge is 0.272 e. The van der Waals surface area contributed by atoms with Gasteiger partial charge in [0.2, 0.25) is 27.4 Å². The Hall–Kier alpha value is -4.26. The van der Waals surface area contributed by atoms with E-state index in [2.05, 4.69) is 4.98 Å². The van der Waals surface area contributed by atoms with E-state index < -0.39 is 55.5 Å². The lowest BCUT2D eigenvalue weighted by Crippen LogP contribution is -2.32. The Labute approximate surface area is 214 Å². The third-order valence-corrected chi connectivity index (χ3v) is 7.31. The van der Waals surface area contributed by atoms with Gasteiger partial charge in [-0.25, -0.2) is 31.0 Å². The van der Waals surface area contributed by atoms with E-state index in [4.69, 9.17) is 0 Å². The average molecular weight is 550 g/mol. The van der Waals surface area contributed by atoms with E-state index in [0.29, 0.717) is 23.3 Å². The monoisotopic (exact) mass is 549 g/mol. The van der Waals surface area contributed by atoms with Crippen molar-refractivity contribution >= 4 is 15.7 Å². The molecule has 8 nitrogen and oxygen atoms in total. The van der Waals surface area contributed by atoms with Crippen LogP contribution in [-0.4, -0.2) is 41.0 Å². The van der Waals surface area contributed by atoms with Gasteiger partial charge in [0.15, 0.2) is 11.6 Å². The maximum absolute atomic E-state index is 14.3. The largest absolute Gasteiger partial charge is 0.336 e. The molecular weight excluding hydrogens is 528 g/mol. The normalized spacial score (nSPS) is 11.5. The number of benzene rings is 2. The number of carbonyl (C=O) groups excluding carboxylic acids is 1. The SMILES string of the molecule is Cc1c[n+](O)ccc1CN(C)C(=O)c1cnc(S(=O)(=O)Cc2c(F)ccc(F)c2F)n1-c1ccc(F)cc1. The first kappa shape index (κ1) is 26.8. The average Bonchev–Trinajstić information content (AvgIpc) is 3.32. The molecule has 0 aliphatic rings. The first-order valence-electron chi connectivity index (χ1n) is 11.0. The van der Waals surface area contributed by atoms with Crippen LogP contribution in [0.3, 0.4) is 0 Å². The Balaban J connectivity index is 1.78. The summed E-state index contributed by atoms with van der Waals surface area (Å²) in [7, 11) is -3.21. The number of hydrogen-bond donors (Lipinski definition) is 1. The Bertz CT molecular complexity index is 1640. The van der Waals surface area contributed by atoms with Gasteiger partial charge in [0.1, 0.15) is 17.3 Å². The molecule has 2 heterocycles. The molecule has 13 heteroatoms. The number of sulfone groups is 1. The van der Waals surface area contributed by atoms with Crippen molar-refractivity contribution < 1.29 is 40.7 Å². The highest BCUT2D eigenvalue weighted by molar-refractivity contribution is 7.90. The second-order valence-corrected chi connectivity index (χ2v) is 10.4. The van der Waals surface area contributed by atoms with Crippen molar-refractivity contribution in [1.29, 1.82) is 0 Å². The lowest BCUT2D eigenvalue weighted by Gasteiger charge is -2.19. The van der Waals surface area contributed by atoms with E-state index in [-0.39, 0.29) is 17.9 Å². The molecule has 1 N–H and O–H groups in total. The summed E-state index contributed by atoms with van der Waals surface area (Å²) >= 11 is 0. The molecule has 0 bridgehead atoms. The number of rotatable bonds is 7. The summed E-state index contributed by atoms with van der Waals surface area (Å²) in [4.78, 5) is 18.5. The van der Waals surface area contributed by atoms with Crippen LogP contribution in [0.25, 0.3) is 5.69 Å². The lowest BCUT2D eigenvalue weighted by molar-refractivity contribution is -0.905. The van der Waals surface area contributed by atoms with E-state index in [1.54, 1.807) is 13.0 Å². The fourth-order valence-corrected chi connectivity index (χ4v) is 5.29. The van der Waals surface area contributed by atoms with Crippen molar-refractivity contribution in [1.82, 2.24) is 14.5 Å². The number of nitrogens with zero attached hydrogens (tertiary/aromatic N) is 4. The molecule has 0 saturated heterocycles. The molecule has 0 saturated carbocycles. The van der Waals surface area contributed by atoms with Crippen LogP contribution in [0.15, 0.2) is 66.2 Å². The van der Waals surface area contributed by atoms with E-state index in [1.165, 1.54) is 36.5 Å². The molecule has 2 aromatic heterocycles. The predicted molar refractivity (Wildman–Crippen MR) is 125 cm³/mol. The van der Waals surface area contributed by atoms with Crippen molar-refractivity contribution in [2.24, 2.45) is 0 Å². The van der Waals surface area contributed by atoms with Crippen LogP contribution < -0.4 is 4.73 Å². The van der Waals surface area contributed by atoms with E-state index >= 15 is 0 Å².